The van der Waals surface area contributed by atoms with Gasteiger partial charge >= 0.3 is 29.6 Å². The number of nitrogens with zero attached hydrogens (tertiary/aromatic N) is 7. The van der Waals surface area contributed by atoms with Crippen LogP contribution in [0, 0.1) is 11.6 Å². The van der Waals surface area contributed by atoms with E-state index in [1.807, 2.05) is 12.1 Å². The number of carbonyl (C=O) groups excluding carboxylic acids is 2. The number of hydrogen-bond acceptors (Lipinski definition) is 8. The van der Waals surface area contributed by atoms with Crippen molar-refractivity contribution in [1.82, 2.24) is 39.7 Å². The van der Waals surface area contributed by atoms with Gasteiger partial charge in [-0.15, -0.1) is 0 Å². The van der Waals surface area contributed by atoms with E-state index in [0.29, 0.717) is 69.7 Å². The molecule has 0 saturated carbocycles. The molecule has 4 aromatic carbocycles. The Morgan fingerprint density at radius 2 is 1.21 bits per heavy atom. The fourth-order valence-electron chi connectivity index (χ4n) is 6.16. The maximum atomic E-state index is 13.4. The summed E-state index contributed by atoms with van der Waals surface area (Å²) in [5.74, 6) is -1.12. The fraction of sp³-hybridized carbons (Fsp3) is 0.156. The van der Waals surface area contributed by atoms with Gasteiger partial charge in [0.1, 0.15) is 33.6 Å². The molecule has 0 aliphatic carbocycles. The number of nitrogens with one attached hydrogen (secondary N) is 1. The molecule has 8 aromatic rings. The fourth-order valence-corrected chi connectivity index (χ4v) is 7.52. The van der Waals surface area contributed by atoms with Crippen LogP contribution >= 0.6 is 66.7 Å². The maximum absolute atomic E-state index is 13.4. The van der Waals surface area contributed by atoms with Crippen LogP contribution in [0.25, 0.3) is 33.2 Å². The van der Waals surface area contributed by atoms with Crippen LogP contribution in [0.1, 0.15) is 34.6 Å². The van der Waals surface area contributed by atoms with E-state index in [0.717, 1.165) is 11.0 Å². The monoisotopic (exact) mass is 1100 g/mol. The van der Waals surface area contributed by atoms with E-state index < -0.39 is 7.15 Å². The third-order valence-electron chi connectivity index (χ3n) is 9.12. The second-order valence-corrected chi connectivity index (χ2v) is 15.9. The summed E-state index contributed by atoms with van der Waals surface area (Å²) in [6.07, 6.45) is 6.49. The predicted octanol–water partition coefficient (Wildman–Crippen LogP) is 8.66. The largest absolute Gasteiger partial charge is 1.00 e. The van der Waals surface area contributed by atoms with Crippen LogP contribution in [0.4, 0.5) is 13.2 Å². The van der Waals surface area contributed by atoms with Crippen molar-refractivity contribution in [3.05, 3.63) is 175 Å². The molecule has 0 radical (unpaired) electrons. The van der Waals surface area contributed by atoms with Crippen molar-refractivity contribution in [2.75, 3.05) is 34.2 Å². The summed E-state index contributed by atoms with van der Waals surface area (Å²) >= 11 is 24.0. The van der Waals surface area contributed by atoms with E-state index in [1.54, 1.807) is 107 Å². The molecule has 2 amide bonds. The summed E-state index contributed by atoms with van der Waals surface area (Å²) in [5.41, 5.74) is 5.28. The van der Waals surface area contributed by atoms with E-state index in [9.17, 15) is 22.8 Å². The second-order valence-electron chi connectivity index (χ2n) is 13.2. The molecule has 1 N–H and O–H groups in total. The van der Waals surface area contributed by atoms with Crippen molar-refractivity contribution < 1.29 is 64.6 Å². The molecule has 0 fully saturated rings. The van der Waals surface area contributed by atoms with E-state index in [1.165, 1.54) is 31.4 Å². The molecule has 340 valence electrons. The van der Waals surface area contributed by atoms with Gasteiger partial charge in [0, 0.05) is 65.1 Å². The topological polar surface area (TPSA) is 129 Å². The van der Waals surface area contributed by atoms with Gasteiger partial charge in [-0.3, -0.25) is 14.0 Å². The smallest absolute Gasteiger partial charge is 1.00 e. The molecular formula is C45H39Br2Cl3F3N8NaO4. The molecule has 4 heterocycles. The average Bonchev–Trinajstić information content (AvgIpc) is 3.96. The quantitative estimate of drug-likeness (QED) is 0.0590. The standard InChI is InChI=1S/C22H17BrClFN4O2.C20H13BrClFN4O.C2H5ClO.CH3F.Na.H/c1-31-13-28(12-14-10-26-21(23)9-19(14)24)22(30)17-3-2-4-20-18(17)11-27-29(20)16-7-5-15(25)6-8-16;21-19-8-17(22)12(9-24-19)10-25-20(28)15-2-1-3-18-16(15)11-26-27(18)14-6-4-13(23)5-7-14;1-4-2-3;1-2;;/h2-11H,12-13H2,1H3;1-9,11H,10H2,(H,25,28);2H2,1H3;1H3;;/q;;;;+1;-1/i;;;1D;;. The first-order valence-corrected chi connectivity index (χ1v) is 21.7. The van der Waals surface area contributed by atoms with Gasteiger partial charge in [0.15, 0.2) is 0 Å². The molecule has 0 aliphatic rings. The Balaban J connectivity index is 0.000000310. The first-order valence-electron chi connectivity index (χ1n) is 19.6. The first-order chi connectivity index (χ1) is 31.8. The second kappa shape index (κ2) is 26.8. The number of carbonyl (C=O) groups is 2. The summed E-state index contributed by atoms with van der Waals surface area (Å²) in [4.78, 5) is 36.0. The van der Waals surface area contributed by atoms with Crippen molar-refractivity contribution in [2.24, 2.45) is 0 Å². The van der Waals surface area contributed by atoms with Crippen LogP contribution in [0.3, 0.4) is 0 Å². The molecule has 0 spiro atoms. The van der Waals surface area contributed by atoms with Crippen LogP contribution in [0.2, 0.25) is 10.0 Å². The zero-order chi connectivity index (χ0) is 47.8. The number of benzene rings is 4. The Kier molecular flexibility index (Phi) is 21.4. The van der Waals surface area contributed by atoms with Crippen LogP contribution in [0.15, 0.2) is 131 Å². The third kappa shape index (κ3) is 14.1. The van der Waals surface area contributed by atoms with E-state index >= 15 is 0 Å². The Morgan fingerprint density at radius 1 is 0.758 bits per heavy atom. The molecule has 0 bridgehead atoms. The first kappa shape index (κ1) is 52.6. The van der Waals surface area contributed by atoms with Crippen molar-refractivity contribution in [1.29, 1.82) is 0 Å². The van der Waals surface area contributed by atoms with Crippen LogP contribution in [-0.2, 0) is 22.6 Å². The summed E-state index contributed by atoms with van der Waals surface area (Å²) in [6, 6.07) is 26.4. The number of hydrogen-bond donors (Lipinski definition) is 1. The summed E-state index contributed by atoms with van der Waals surface area (Å²) in [6.45, 7) is 0.558. The van der Waals surface area contributed by atoms with Gasteiger partial charge in [-0.2, -0.15) is 10.2 Å². The Labute approximate surface area is 434 Å². The molecule has 0 saturated heterocycles. The van der Waals surface area contributed by atoms with Crippen LogP contribution in [0.5, 0.6) is 0 Å². The molecule has 12 nitrogen and oxygen atoms in total. The summed E-state index contributed by atoms with van der Waals surface area (Å²) < 4.78 is 56.1. The van der Waals surface area contributed by atoms with Crippen LogP contribution in [-0.4, -0.2) is 80.4 Å². The number of amides is 2. The molecule has 21 heteroatoms. The van der Waals surface area contributed by atoms with Crippen molar-refractivity contribution in [3.8, 4) is 11.4 Å². The van der Waals surface area contributed by atoms with Gasteiger partial charge in [-0.05, 0) is 117 Å². The number of ether oxygens (including phenoxy) is 2. The van der Waals surface area contributed by atoms with Crippen molar-refractivity contribution in [2.45, 2.75) is 13.1 Å². The predicted molar refractivity (Wildman–Crippen MR) is 255 cm³/mol. The normalized spacial score (nSPS) is 10.6. The molecule has 0 unspecified atom stereocenters. The molecule has 8 rings (SSSR count). The number of fused-ring (bicyclic) bond motifs is 2. The van der Waals surface area contributed by atoms with E-state index in [-0.39, 0.29) is 74.3 Å². The zero-order valence-corrected chi connectivity index (χ0v) is 42.8. The van der Waals surface area contributed by atoms with Gasteiger partial charge in [0.25, 0.3) is 11.8 Å². The zero-order valence-electron chi connectivity index (χ0n) is 37.4. The number of rotatable bonds is 11. The minimum atomic E-state index is -1.00. The number of methoxy groups -OCH3 is 2. The maximum Gasteiger partial charge on any atom is 1.00 e. The van der Waals surface area contributed by atoms with E-state index in [2.05, 4.69) is 62.1 Å². The number of aromatic nitrogens is 6. The molecular weight excluding hydrogens is 1060 g/mol. The third-order valence-corrected chi connectivity index (χ3v) is 10.9. The van der Waals surface area contributed by atoms with Gasteiger partial charge in [0.05, 0.1) is 61.0 Å². The van der Waals surface area contributed by atoms with Crippen molar-refractivity contribution >= 4 is 100 Å². The summed E-state index contributed by atoms with van der Waals surface area (Å²) in [7, 11) is 2.07. The van der Waals surface area contributed by atoms with Gasteiger partial charge in [-0.25, -0.2) is 28.1 Å². The van der Waals surface area contributed by atoms with Crippen LogP contribution < -0.4 is 34.9 Å². The summed E-state index contributed by atoms with van der Waals surface area (Å²) in [5, 5.41) is 14.0. The van der Waals surface area contributed by atoms with Gasteiger partial charge < -0.3 is 21.1 Å². The minimum absolute atomic E-state index is 0. The van der Waals surface area contributed by atoms with Gasteiger partial charge in [-0.1, -0.05) is 46.9 Å². The number of pyridine rings is 2. The Morgan fingerprint density at radius 3 is 1.67 bits per heavy atom. The van der Waals surface area contributed by atoms with E-state index in [4.69, 9.17) is 40.9 Å². The SMILES string of the molecule is COCCl.COCN(Cc1cnc(Br)cc1Cl)C(=O)c1cccc2c1cnn2-c1ccc(F)cc1.O=C(NCc1cnc(Br)cc1Cl)c1cccc2c1cnn2-c1ccc(F)cc1.[2H]CF.[H-].[Na+]. The average molecular weight is 1100 g/mol. The Bertz CT molecular complexity index is 2890. The molecule has 66 heavy (non-hydrogen) atoms. The number of alkyl halides is 2. The molecule has 0 aliphatic heterocycles. The minimum Gasteiger partial charge on any atom is -1.00 e. The Hall–Kier alpha value is -4.40. The molecule has 0 atom stereocenters. The van der Waals surface area contributed by atoms with Gasteiger partial charge in [0.2, 0.25) is 0 Å². The number of halogens is 8. The van der Waals surface area contributed by atoms with Crippen molar-refractivity contribution in [3.63, 3.8) is 0 Å². The molecule has 4 aromatic heterocycles.